The molecule has 0 aromatic heterocycles. The van der Waals surface area contributed by atoms with E-state index in [1.54, 1.807) is 0 Å². The number of hydrogen-bond acceptors (Lipinski definition) is 6. The lowest BCUT2D eigenvalue weighted by molar-refractivity contribution is -0.124. The summed E-state index contributed by atoms with van der Waals surface area (Å²) in [6.45, 7) is 4.19. The number of sulfonamides is 1. The molecule has 1 unspecified atom stereocenters. The van der Waals surface area contributed by atoms with Crippen LogP contribution in [-0.4, -0.2) is 51.4 Å². The molecular formula is C23H28N2O6S. The molecule has 1 saturated heterocycles. The number of nitrogens with one attached hydrogen (secondary N) is 1. The monoisotopic (exact) mass is 460 g/mol. The first kappa shape index (κ1) is 23.7. The van der Waals surface area contributed by atoms with E-state index in [0.717, 1.165) is 24.0 Å². The molecule has 3 rings (SSSR count). The van der Waals surface area contributed by atoms with Crippen LogP contribution < -0.4 is 10.1 Å². The molecule has 9 heteroatoms. The highest BCUT2D eigenvalue weighted by Gasteiger charge is 2.31. The Kier molecular flexibility index (Phi) is 7.52. The van der Waals surface area contributed by atoms with E-state index in [1.165, 1.54) is 29.6 Å². The maximum absolute atomic E-state index is 13.0. The maximum Gasteiger partial charge on any atom is 0.338 e. The minimum atomic E-state index is -3.80. The van der Waals surface area contributed by atoms with Crippen LogP contribution in [0.5, 0.6) is 5.75 Å². The molecule has 2 aromatic carbocycles. The molecule has 172 valence electrons. The Morgan fingerprint density at radius 1 is 1.12 bits per heavy atom. The van der Waals surface area contributed by atoms with E-state index in [9.17, 15) is 18.0 Å². The molecular weight excluding hydrogens is 432 g/mol. The number of aryl methyl sites for hydroxylation is 1. The topological polar surface area (TPSA) is 102 Å². The van der Waals surface area contributed by atoms with Crippen molar-refractivity contribution < 1.29 is 27.5 Å². The number of carbonyl (C=O) groups excluding carboxylic acids is 2. The summed E-state index contributed by atoms with van der Waals surface area (Å²) in [5.74, 6) is -1.09. The van der Waals surface area contributed by atoms with Crippen molar-refractivity contribution in [2.45, 2.75) is 37.6 Å². The number of nitrogens with zero attached hydrogens (tertiary/aromatic N) is 1. The summed E-state index contributed by atoms with van der Waals surface area (Å²) in [5.41, 5.74) is 2.05. The quantitative estimate of drug-likeness (QED) is 0.608. The van der Waals surface area contributed by atoms with Crippen molar-refractivity contribution >= 4 is 21.9 Å². The minimum Gasteiger partial charge on any atom is -0.495 e. The van der Waals surface area contributed by atoms with E-state index in [4.69, 9.17) is 9.47 Å². The van der Waals surface area contributed by atoms with Gasteiger partial charge in [0.2, 0.25) is 10.0 Å². The van der Waals surface area contributed by atoms with Gasteiger partial charge in [-0.2, -0.15) is 4.31 Å². The number of amides is 1. The SMILES string of the molecule is COc1ccc(C(=O)OCC(=O)NC(C)c2ccccc2C)cc1S(=O)(=O)N1CCCC1. The number of esters is 1. The Balaban J connectivity index is 1.67. The Labute approximate surface area is 188 Å². The maximum atomic E-state index is 13.0. The number of hydrogen-bond donors (Lipinski definition) is 1. The van der Waals surface area contributed by atoms with Crippen LogP contribution in [0.1, 0.15) is 47.3 Å². The molecule has 1 N–H and O–H groups in total. The third-order valence-corrected chi connectivity index (χ3v) is 7.37. The van der Waals surface area contributed by atoms with Gasteiger partial charge in [-0.05, 0) is 56.0 Å². The van der Waals surface area contributed by atoms with Crippen molar-refractivity contribution in [2.24, 2.45) is 0 Å². The summed E-state index contributed by atoms with van der Waals surface area (Å²) >= 11 is 0. The fourth-order valence-electron chi connectivity index (χ4n) is 3.72. The van der Waals surface area contributed by atoms with Gasteiger partial charge in [0.1, 0.15) is 10.6 Å². The zero-order chi connectivity index (χ0) is 23.3. The van der Waals surface area contributed by atoms with Crippen LogP contribution in [0.3, 0.4) is 0 Å². The minimum absolute atomic E-state index is 0.0309. The Hall–Kier alpha value is -2.91. The average Bonchev–Trinajstić information content (AvgIpc) is 3.33. The van der Waals surface area contributed by atoms with Crippen molar-refractivity contribution in [1.82, 2.24) is 9.62 Å². The molecule has 2 aromatic rings. The predicted molar refractivity (Wildman–Crippen MR) is 119 cm³/mol. The molecule has 1 aliphatic rings. The molecule has 1 fully saturated rings. The normalized spacial score (nSPS) is 15.2. The van der Waals surface area contributed by atoms with Crippen molar-refractivity contribution in [3.63, 3.8) is 0 Å². The highest BCUT2D eigenvalue weighted by molar-refractivity contribution is 7.89. The van der Waals surface area contributed by atoms with Gasteiger partial charge in [0, 0.05) is 13.1 Å². The Morgan fingerprint density at radius 2 is 1.81 bits per heavy atom. The summed E-state index contributed by atoms with van der Waals surface area (Å²) in [5, 5.41) is 2.80. The summed E-state index contributed by atoms with van der Waals surface area (Å²) in [4.78, 5) is 24.7. The predicted octanol–water partition coefficient (Wildman–Crippen LogP) is 2.82. The van der Waals surface area contributed by atoms with Crippen molar-refractivity contribution in [3.8, 4) is 5.75 Å². The van der Waals surface area contributed by atoms with Crippen LogP contribution in [0.15, 0.2) is 47.4 Å². The lowest BCUT2D eigenvalue weighted by Gasteiger charge is -2.18. The standard InChI is InChI=1S/C23H28N2O6S/c1-16-8-4-5-9-19(16)17(2)24-22(26)15-31-23(27)18-10-11-20(30-3)21(14-18)32(28,29)25-12-6-7-13-25/h4-5,8-11,14,17H,6-7,12-13,15H2,1-3H3,(H,24,26). The third-order valence-electron chi connectivity index (χ3n) is 5.45. The number of ether oxygens (including phenoxy) is 2. The summed E-state index contributed by atoms with van der Waals surface area (Å²) < 4.78 is 37.6. The number of benzene rings is 2. The zero-order valence-corrected chi connectivity index (χ0v) is 19.3. The van der Waals surface area contributed by atoms with Gasteiger partial charge in [0.15, 0.2) is 6.61 Å². The van der Waals surface area contributed by atoms with E-state index < -0.39 is 28.5 Å². The van der Waals surface area contributed by atoms with Crippen molar-refractivity contribution in [2.75, 3.05) is 26.8 Å². The fraction of sp³-hybridized carbons (Fsp3) is 0.391. The van der Waals surface area contributed by atoms with Gasteiger partial charge in [0.25, 0.3) is 5.91 Å². The second-order valence-electron chi connectivity index (χ2n) is 7.70. The molecule has 0 bridgehead atoms. The van der Waals surface area contributed by atoms with Crippen LogP contribution in [-0.2, 0) is 19.6 Å². The van der Waals surface area contributed by atoms with Crippen LogP contribution in [0, 0.1) is 6.92 Å². The van der Waals surface area contributed by atoms with Crippen LogP contribution >= 0.6 is 0 Å². The zero-order valence-electron chi connectivity index (χ0n) is 18.5. The molecule has 32 heavy (non-hydrogen) atoms. The third kappa shape index (κ3) is 5.28. The van der Waals surface area contributed by atoms with Gasteiger partial charge in [-0.1, -0.05) is 24.3 Å². The fourth-order valence-corrected chi connectivity index (χ4v) is 5.42. The number of carbonyl (C=O) groups is 2. The van der Waals surface area contributed by atoms with E-state index >= 15 is 0 Å². The molecule has 1 heterocycles. The highest BCUT2D eigenvalue weighted by Crippen LogP contribution is 2.30. The molecule has 0 radical (unpaired) electrons. The average molecular weight is 461 g/mol. The molecule has 1 atom stereocenters. The lowest BCUT2D eigenvalue weighted by Crippen LogP contribution is -2.31. The molecule has 0 saturated carbocycles. The lowest BCUT2D eigenvalue weighted by atomic mass is 10.0. The molecule has 0 aliphatic carbocycles. The van der Waals surface area contributed by atoms with Crippen LogP contribution in [0.25, 0.3) is 0 Å². The van der Waals surface area contributed by atoms with Crippen molar-refractivity contribution in [3.05, 3.63) is 59.2 Å². The molecule has 1 amide bonds. The first-order valence-electron chi connectivity index (χ1n) is 10.4. The molecule has 0 spiro atoms. The van der Waals surface area contributed by atoms with Gasteiger partial charge in [0.05, 0.1) is 18.7 Å². The van der Waals surface area contributed by atoms with Gasteiger partial charge in [-0.3, -0.25) is 4.79 Å². The van der Waals surface area contributed by atoms with Crippen LogP contribution in [0.2, 0.25) is 0 Å². The van der Waals surface area contributed by atoms with E-state index in [2.05, 4.69) is 5.32 Å². The van der Waals surface area contributed by atoms with Gasteiger partial charge < -0.3 is 14.8 Å². The number of methoxy groups -OCH3 is 1. The second kappa shape index (κ2) is 10.1. The van der Waals surface area contributed by atoms with E-state index in [0.29, 0.717) is 13.1 Å². The van der Waals surface area contributed by atoms with Gasteiger partial charge >= 0.3 is 5.97 Å². The summed E-state index contributed by atoms with van der Waals surface area (Å²) in [7, 11) is -2.43. The van der Waals surface area contributed by atoms with Gasteiger partial charge in [-0.25, -0.2) is 13.2 Å². The molecule has 8 nitrogen and oxygen atoms in total. The first-order chi connectivity index (χ1) is 15.2. The van der Waals surface area contributed by atoms with Gasteiger partial charge in [-0.15, -0.1) is 0 Å². The number of rotatable bonds is 8. The van der Waals surface area contributed by atoms with Crippen LogP contribution in [0.4, 0.5) is 0 Å². The Bertz CT molecular complexity index is 1090. The van der Waals surface area contributed by atoms with Crippen molar-refractivity contribution in [1.29, 1.82) is 0 Å². The molecule has 1 aliphatic heterocycles. The first-order valence-corrected chi connectivity index (χ1v) is 11.9. The summed E-state index contributed by atoms with van der Waals surface area (Å²) in [6.07, 6.45) is 1.58. The van der Waals surface area contributed by atoms with E-state index in [-0.39, 0.29) is 22.3 Å². The smallest absolute Gasteiger partial charge is 0.338 e. The van der Waals surface area contributed by atoms with E-state index in [1.807, 2.05) is 38.1 Å². The summed E-state index contributed by atoms with van der Waals surface area (Å²) in [6, 6.07) is 11.5. The highest BCUT2D eigenvalue weighted by atomic mass is 32.2. The largest absolute Gasteiger partial charge is 0.495 e. The second-order valence-corrected chi connectivity index (χ2v) is 9.61. The Morgan fingerprint density at radius 3 is 2.47 bits per heavy atom.